The fraction of sp³-hybridized carbons (Fsp3) is 0.562. The predicted octanol–water partition coefficient (Wildman–Crippen LogP) is 4.10. The van der Waals surface area contributed by atoms with E-state index in [1.807, 2.05) is 0 Å². The van der Waals surface area contributed by atoms with Gasteiger partial charge in [0, 0.05) is 35.4 Å². The van der Waals surface area contributed by atoms with E-state index in [0.717, 1.165) is 17.3 Å². The molecule has 0 amide bonds. The van der Waals surface area contributed by atoms with Crippen LogP contribution in [0.25, 0.3) is 0 Å². The van der Waals surface area contributed by atoms with E-state index < -0.39 is 0 Å². The van der Waals surface area contributed by atoms with Crippen molar-refractivity contribution in [3.05, 3.63) is 34.3 Å². The average Bonchev–Trinajstić information content (AvgIpc) is 2.37. The van der Waals surface area contributed by atoms with E-state index >= 15 is 0 Å². The first kappa shape index (κ1) is 13.3. The number of carbonyl (C=O) groups excluding carboxylic acids is 1. The molecule has 2 aliphatic heterocycles. The van der Waals surface area contributed by atoms with Crippen molar-refractivity contribution in [2.75, 3.05) is 0 Å². The summed E-state index contributed by atoms with van der Waals surface area (Å²) in [5.41, 5.74) is 1.35. The number of piperidine rings is 2. The van der Waals surface area contributed by atoms with Crippen LogP contribution in [0.1, 0.15) is 50.6 Å². The molecule has 2 nitrogen and oxygen atoms in total. The highest BCUT2D eigenvalue weighted by atomic mass is 79.9. The van der Waals surface area contributed by atoms with E-state index in [-0.39, 0.29) is 0 Å². The van der Waals surface area contributed by atoms with Gasteiger partial charge in [-0.3, -0.25) is 9.69 Å². The first-order valence-electron chi connectivity index (χ1n) is 7.20. The summed E-state index contributed by atoms with van der Waals surface area (Å²) >= 11 is 3.55. The molecule has 0 aliphatic carbocycles. The lowest BCUT2D eigenvalue weighted by Crippen LogP contribution is -2.53. The van der Waals surface area contributed by atoms with E-state index in [2.05, 4.69) is 52.0 Å². The zero-order chi connectivity index (χ0) is 13.4. The number of hydrogen-bond acceptors (Lipinski definition) is 2. The van der Waals surface area contributed by atoms with Crippen molar-refractivity contribution in [3.63, 3.8) is 0 Å². The molecule has 3 rings (SSSR count). The highest BCUT2D eigenvalue weighted by Crippen LogP contribution is 2.38. The predicted molar refractivity (Wildman–Crippen MR) is 80.1 cm³/mol. The first-order valence-corrected chi connectivity index (χ1v) is 7.99. The Balaban J connectivity index is 1.86. The lowest BCUT2D eigenvalue weighted by atomic mass is 9.82. The number of halogens is 1. The third-order valence-corrected chi connectivity index (χ3v) is 5.12. The van der Waals surface area contributed by atoms with Crippen LogP contribution in [0.5, 0.6) is 0 Å². The largest absolute Gasteiger partial charge is 0.300 e. The van der Waals surface area contributed by atoms with Crippen LogP contribution in [-0.2, 0) is 4.79 Å². The van der Waals surface area contributed by atoms with Gasteiger partial charge in [-0.1, -0.05) is 34.5 Å². The van der Waals surface area contributed by atoms with Gasteiger partial charge in [-0.25, -0.2) is 0 Å². The molecular formula is C16H20BrNO. The molecule has 0 N–H and O–H groups in total. The number of rotatable bonds is 2. The summed E-state index contributed by atoms with van der Waals surface area (Å²) in [4.78, 5) is 14.4. The zero-order valence-corrected chi connectivity index (χ0v) is 12.9. The van der Waals surface area contributed by atoms with Gasteiger partial charge in [-0.05, 0) is 37.5 Å². The number of fused-ring (bicyclic) bond motifs is 2. The number of ketones is 1. The van der Waals surface area contributed by atoms with E-state index in [9.17, 15) is 4.79 Å². The minimum atomic E-state index is 0.404. The van der Waals surface area contributed by atoms with Crippen molar-refractivity contribution in [2.24, 2.45) is 0 Å². The molecule has 2 saturated heterocycles. The standard InChI is InChI=1S/C16H20BrNO/c1-11(12-4-2-5-13(17)8-12)18-14-6-3-7-15(18)10-16(19)9-14/h2,4-5,8,11,14-15H,3,6-7,9-10H2,1H3. The van der Waals surface area contributed by atoms with Crippen LogP contribution in [0.4, 0.5) is 0 Å². The maximum absolute atomic E-state index is 11.8. The molecule has 0 spiro atoms. The van der Waals surface area contributed by atoms with E-state index in [4.69, 9.17) is 0 Å². The Morgan fingerprint density at radius 3 is 2.58 bits per heavy atom. The van der Waals surface area contributed by atoms with Gasteiger partial charge < -0.3 is 0 Å². The van der Waals surface area contributed by atoms with Crippen LogP contribution in [0, 0.1) is 0 Å². The van der Waals surface area contributed by atoms with Crippen LogP contribution >= 0.6 is 15.9 Å². The van der Waals surface area contributed by atoms with E-state index in [1.54, 1.807) is 0 Å². The van der Waals surface area contributed by atoms with Crippen molar-refractivity contribution in [1.82, 2.24) is 4.90 Å². The molecule has 2 aliphatic rings. The summed E-state index contributed by atoms with van der Waals surface area (Å²) in [6.07, 6.45) is 5.16. The summed E-state index contributed by atoms with van der Waals surface area (Å²) in [7, 11) is 0. The summed E-state index contributed by atoms with van der Waals surface area (Å²) in [5, 5.41) is 0. The van der Waals surface area contributed by atoms with Gasteiger partial charge in [0.2, 0.25) is 0 Å². The van der Waals surface area contributed by atoms with Crippen molar-refractivity contribution >= 4 is 21.7 Å². The highest BCUT2D eigenvalue weighted by Gasteiger charge is 2.40. The number of carbonyl (C=O) groups is 1. The summed E-state index contributed by atoms with van der Waals surface area (Å²) < 4.78 is 1.13. The topological polar surface area (TPSA) is 20.3 Å². The zero-order valence-electron chi connectivity index (χ0n) is 11.3. The summed E-state index contributed by atoms with van der Waals surface area (Å²) in [6, 6.07) is 9.90. The minimum absolute atomic E-state index is 0.404. The van der Waals surface area contributed by atoms with Gasteiger partial charge in [-0.2, -0.15) is 0 Å². The lowest BCUT2D eigenvalue weighted by molar-refractivity contribution is -0.128. The summed E-state index contributed by atoms with van der Waals surface area (Å²) in [6.45, 7) is 2.28. The molecule has 2 fully saturated rings. The molecule has 3 unspecified atom stereocenters. The molecule has 19 heavy (non-hydrogen) atoms. The number of hydrogen-bond donors (Lipinski definition) is 0. The molecule has 0 saturated carbocycles. The monoisotopic (exact) mass is 321 g/mol. The summed E-state index contributed by atoms with van der Waals surface area (Å²) in [5.74, 6) is 0.465. The second kappa shape index (κ2) is 5.37. The van der Waals surface area contributed by atoms with Crippen molar-refractivity contribution < 1.29 is 4.79 Å². The quantitative estimate of drug-likeness (QED) is 0.817. The lowest BCUT2D eigenvalue weighted by Gasteiger charge is -2.48. The number of benzene rings is 1. The Hall–Kier alpha value is -0.670. The Morgan fingerprint density at radius 2 is 1.95 bits per heavy atom. The SMILES string of the molecule is CC(c1cccc(Br)c1)N1C2CCCC1CC(=O)C2. The molecule has 0 radical (unpaired) electrons. The second-order valence-corrected chi connectivity index (χ2v) is 6.78. The highest BCUT2D eigenvalue weighted by molar-refractivity contribution is 9.10. The fourth-order valence-corrected chi connectivity index (χ4v) is 4.20. The van der Waals surface area contributed by atoms with Gasteiger partial charge in [0.15, 0.2) is 0 Å². The van der Waals surface area contributed by atoms with Gasteiger partial charge in [0.1, 0.15) is 5.78 Å². The number of nitrogens with zero attached hydrogens (tertiary/aromatic N) is 1. The maximum atomic E-state index is 11.8. The molecule has 2 heterocycles. The average molecular weight is 322 g/mol. The van der Waals surface area contributed by atoms with E-state index in [0.29, 0.717) is 23.9 Å². The van der Waals surface area contributed by atoms with Crippen molar-refractivity contribution in [3.8, 4) is 0 Å². The molecule has 3 atom stereocenters. The molecule has 102 valence electrons. The Bertz CT molecular complexity index is 471. The first-order chi connectivity index (χ1) is 9.15. The molecule has 2 bridgehead atoms. The number of Topliss-reactive ketones (excluding diaryl/α,β-unsaturated/α-hetero) is 1. The van der Waals surface area contributed by atoms with Gasteiger partial charge in [0.05, 0.1) is 0 Å². The van der Waals surface area contributed by atoms with Gasteiger partial charge >= 0.3 is 0 Å². The molecule has 1 aromatic carbocycles. The fourth-order valence-electron chi connectivity index (χ4n) is 3.78. The smallest absolute Gasteiger partial charge is 0.136 e. The van der Waals surface area contributed by atoms with Gasteiger partial charge in [-0.15, -0.1) is 0 Å². The van der Waals surface area contributed by atoms with Crippen LogP contribution < -0.4 is 0 Å². The van der Waals surface area contributed by atoms with Crippen LogP contribution in [-0.4, -0.2) is 22.8 Å². The Labute approximate surface area is 123 Å². The molecule has 1 aromatic rings. The van der Waals surface area contributed by atoms with Crippen molar-refractivity contribution in [1.29, 1.82) is 0 Å². The second-order valence-electron chi connectivity index (χ2n) is 5.86. The van der Waals surface area contributed by atoms with Gasteiger partial charge in [0.25, 0.3) is 0 Å². The normalized spacial score (nSPS) is 29.3. The van der Waals surface area contributed by atoms with Crippen molar-refractivity contribution in [2.45, 2.75) is 57.2 Å². The molecule has 3 heteroatoms. The van der Waals surface area contributed by atoms with Crippen LogP contribution in [0.15, 0.2) is 28.7 Å². The molecular weight excluding hydrogens is 302 g/mol. The third kappa shape index (κ3) is 2.63. The Kier molecular flexibility index (Phi) is 3.77. The third-order valence-electron chi connectivity index (χ3n) is 4.62. The Morgan fingerprint density at radius 1 is 1.26 bits per heavy atom. The molecule has 0 aromatic heterocycles. The van der Waals surface area contributed by atoms with E-state index in [1.165, 1.54) is 24.8 Å². The maximum Gasteiger partial charge on any atom is 0.136 e. The minimum Gasteiger partial charge on any atom is -0.300 e. The van der Waals surface area contributed by atoms with Crippen LogP contribution in [0.3, 0.4) is 0 Å². The van der Waals surface area contributed by atoms with Crippen LogP contribution in [0.2, 0.25) is 0 Å².